The fourth-order valence-electron chi connectivity index (χ4n) is 1.80. The summed E-state index contributed by atoms with van der Waals surface area (Å²) in [4.78, 5) is 24.6. The Hall–Kier alpha value is -1.32. The van der Waals surface area contributed by atoms with Gasteiger partial charge in [0.05, 0.1) is 0 Å². The number of rotatable bonds is 7. The second-order valence-electron chi connectivity index (χ2n) is 4.04. The van der Waals surface area contributed by atoms with Gasteiger partial charge < -0.3 is 10.2 Å². The first-order valence-corrected chi connectivity index (χ1v) is 6.91. The van der Waals surface area contributed by atoms with Crippen molar-refractivity contribution in [1.29, 1.82) is 0 Å². The van der Waals surface area contributed by atoms with Crippen LogP contribution in [0.4, 0.5) is 11.4 Å². The highest BCUT2D eigenvalue weighted by molar-refractivity contribution is 5.74. The van der Waals surface area contributed by atoms with Crippen molar-refractivity contribution in [1.82, 2.24) is 0 Å². The molecule has 0 radical (unpaired) electrons. The molecule has 1 N–H and O–H groups in total. The molecule has 0 fully saturated rings. The van der Waals surface area contributed by atoms with Crippen molar-refractivity contribution in [2.45, 2.75) is 47.0 Å². The molecule has 0 bridgehead atoms. The Morgan fingerprint density at radius 1 is 1.06 bits per heavy atom. The van der Waals surface area contributed by atoms with Crippen LogP contribution in [0.15, 0.2) is 9.59 Å². The summed E-state index contributed by atoms with van der Waals surface area (Å²) in [5.74, 6) is 0. The van der Waals surface area contributed by atoms with Crippen molar-refractivity contribution in [2.24, 2.45) is 0 Å². The average Bonchev–Trinajstić information content (AvgIpc) is 2.40. The highest BCUT2D eigenvalue weighted by Gasteiger charge is 2.22. The van der Waals surface area contributed by atoms with E-state index < -0.39 is 0 Å². The summed E-state index contributed by atoms with van der Waals surface area (Å²) in [7, 11) is 1.87. The van der Waals surface area contributed by atoms with Crippen LogP contribution in [0.1, 0.15) is 47.0 Å². The first-order chi connectivity index (χ1) is 8.63. The number of nitrogens with zero attached hydrogens (tertiary/aromatic N) is 1. The quantitative estimate of drug-likeness (QED) is 0.599. The van der Waals surface area contributed by atoms with Gasteiger partial charge in [-0.3, -0.25) is 9.59 Å². The van der Waals surface area contributed by atoms with Gasteiger partial charge in [-0.05, 0) is 13.3 Å². The van der Waals surface area contributed by atoms with E-state index in [1.807, 2.05) is 32.7 Å². The summed E-state index contributed by atoms with van der Waals surface area (Å²) in [6.45, 7) is 9.55. The standard InChI is InChI=1S/C12H20N2O2.C2H6/c1-4-6-7-8-14(3)10-9(13-5-2)11(15)12(10)16;1-2/h13H,4-8H2,1-3H3;1-2H3. The van der Waals surface area contributed by atoms with Gasteiger partial charge in [-0.15, -0.1) is 0 Å². The monoisotopic (exact) mass is 254 g/mol. The van der Waals surface area contributed by atoms with Gasteiger partial charge in [0.25, 0.3) is 10.9 Å². The summed E-state index contributed by atoms with van der Waals surface area (Å²) in [6, 6.07) is 0. The Bertz CT molecular complexity index is 406. The van der Waals surface area contributed by atoms with Crippen LogP contribution < -0.4 is 21.1 Å². The molecule has 0 aliphatic heterocycles. The second kappa shape index (κ2) is 8.72. The molecule has 0 aliphatic carbocycles. The van der Waals surface area contributed by atoms with Crippen molar-refractivity contribution in [3.8, 4) is 0 Å². The maximum atomic E-state index is 11.4. The average molecular weight is 254 g/mol. The third-order valence-electron chi connectivity index (χ3n) is 2.72. The van der Waals surface area contributed by atoms with Crippen molar-refractivity contribution in [2.75, 3.05) is 30.4 Å². The minimum absolute atomic E-state index is 0.352. The number of nitrogens with one attached hydrogen (secondary N) is 1. The molecular formula is C14H26N2O2. The minimum atomic E-state index is -0.376. The normalized spacial score (nSPS) is 9.83. The third kappa shape index (κ3) is 3.86. The van der Waals surface area contributed by atoms with E-state index in [1.165, 1.54) is 0 Å². The van der Waals surface area contributed by atoms with Crippen LogP contribution in [0.5, 0.6) is 0 Å². The zero-order valence-electron chi connectivity index (χ0n) is 12.3. The summed E-state index contributed by atoms with van der Waals surface area (Å²) in [5, 5.41) is 2.95. The van der Waals surface area contributed by atoms with Crippen LogP contribution in [0.25, 0.3) is 0 Å². The van der Waals surface area contributed by atoms with Gasteiger partial charge in [-0.2, -0.15) is 0 Å². The Labute approximate surface area is 110 Å². The molecule has 0 saturated heterocycles. The predicted molar refractivity (Wildman–Crippen MR) is 79.7 cm³/mol. The Morgan fingerprint density at radius 3 is 2.17 bits per heavy atom. The third-order valence-corrected chi connectivity index (χ3v) is 2.72. The van der Waals surface area contributed by atoms with Gasteiger partial charge in [0.15, 0.2) is 0 Å². The summed E-state index contributed by atoms with van der Waals surface area (Å²) in [5.41, 5.74) is 0.323. The molecule has 1 rings (SSSR count). The van der Waals surface area contributed by atoms with Crippen molar-refractivity contribution in [3.05, 3.63) is 20.4 Å². The molecule has 1 aromatic rings. The molecule has 0 heterocycles. The lowest BCUT2D eigenvalue weighted by atomic mass is 10.1. The van der Waals surface area contributed by atoms with Gasteiger partial charge in [-0.1, -0.05) is 33.6 Å². The summed E-state index contributed by atoms with van der Waals surface area (Å²) >= 11 is 0. The lowest BCUT2D eigenvalue weighted by molar-refractivity contribution is 0.703. The van der Waals surface area contributed by atoms with E-state index in [2.05, 4.69) is 12.2 Å². The molecule has 0 aliphatic rings. The Balaban J connectivity index is 0.00000137. The molecular weight excluding hydrogens is 228 g/mol. The smallest absolute Gasteiger partial charge is 0.253 e. The molecule has 104 valence electrons. The van der Waals surface area contributed by atoms with E-state index in [4.69, 9.17) is 0 Å². The molecule has 18 heavy (non-hydrogen) atoms. The van der Waals surface area contributed by atoms with E-state index in [-0.39, 0.29) is 10.9 Å². The lowest BCUT2D eigenvalue weighted by Crippen LogP contribution is -2.41. The first kappa shape index (κ1) is 16.7. The molecule has 0 saturated carbocycles. The summed E-state index contributed by atoms with van der Waals surface area (Å²) in [6.07, 6.45) is 3.35. The minimum Gasteiger partial charge on any atom is -0.380 e. The van der Waals surface area contributed by atoms with Crippen LogP contribution in [0.2, 0.25) is 0 Å². The van der Waals surface area contributed by atoms with Crippen LogP contribution in [0.3, 0.4) is 0 Å². The number of hydrogen-bond donors (Lipinski definition) is 1. The zero-order chi connectivity index (χ0) is 14.1. The maximum Gasteiger partial charge on any atom is 0.253 e. The largest absolute Gasteiger partial charge is 0.380 e. The lowest BCUT2D eigenvalue weighted by Gasteiger charge is -2.23. The second-order valence-corrected chi connectivity index (χ2v) is 4.04. The summed E-state index contributed by atoms with van der Waals surface area (Å²) < 4.78 is 0. The van der Waals surface area contributed by atoms with Gasteiger partial charge in [0.2, 0.25) is 0 Å². The Kier molecular flexibility index (Phi) is 8.08. The van der Waals surface area contributed by atoms with Gasteiger partial charge in [-0.25, -0.2) is 0 Å². The van der Waals surface area contributed by atoms with Gasteiger partial charge in [0, 0.05) is 20.1 Å². The molecule has 0 amide bonds. The van der Waals surface area contributed by atoms with E-state index in [0.717, 1.165) is 25.8 Å². The van der Waals surface area contributed by atoms with Crippen LogP contribution in [0, 0.1) is 0 Å². The Morgan fingerprint density at radius 2 is 1.67 bits per heavy atom. The molecule has 0 unspecified atom stereocenters. The van der Waals surface area contributed by atoms with E-state index in [0.29, 0.717) is 17.9 Å². The van der Waals surface area contributed by atoms with Crippen LogP contribution in [-0.2, 0) is 0 Å². The van der Waals surface area contributed by atoms with Crippen LogP contribution >= 0.6 is 0 Å². The van der Waals surface area contributed by atoms with Gasteiger partial charge >= 0.3 is 0 Å². The zero-order valence-corrected chi connectivity index (χ0v) is 12.3. The fraction of sp³-hybridized carbons (Fsp3) is 0.714. The van der Waals surface area contributed by atoms with Crippen molar-refractivity contribution >= 4 is 11.4 Å². The van der Waals surface area contributed by atoms with Crippen LogP contribution in [-0.4, -0.2) is 20.1 Å². The van der Waals surface area contributed by atoms with E-state index in [9.17, 15) is 9.59 Å². The fourth-order valence-corrected chi connectivity index (χ4v) is 1.80. The molecule has 0 atom stereocenters. The van der Waals surface area contributed by atoms with Crippen molar-refractivity contribution in [3.63, 3.8) is 0 Å². The highest BCUT2D eigenvalue weighted by atomic mass is 16.2. The van der Waals surface area contributed by atoms with E-state index >= 15 is 0 Å². The number of anilines is 2. The maximum absolute atomic E-state index is 11.4. The first-order valence-electron chi connectivity index (χ1n) is 6.91. The topological polar surface area (TPSA) is 49.4 Å². The van der Waals surface area contributed by atoms with E-state index in [1.54, 1.807) is 0 Å². The predicted octanol–water partition coefficient (Wildman–Crippen LogP) is 2.37. The molecule has 0 aromatic heterocycles. The number of unbranched alkanes of at least 4 members (excludes halogenated alkanes) is 2. The van der Waals surface area contributed by atoms with Gasteiger partial charge in [0.1, 0.15) is 11.4 Å². The molecule has 4 heteroatoms. The molecule has 0 spiro atoms. The molecule has 1 aromatic carbocycles. The highest BCUT2D eigenvalue weighted by Crippen LogP contribution is 2.18. The SMILES string of the molecule is CC.CCCCCN(C)c1c(NCC)c(=O)c1=O. The molecule has 4 nitrogen and oxygen atoms in total. The van der Waals surface area contributed by atoms with Crippen molar-refractivity contribution < 1.29 is 0 Å². The number of hydrogen-bond acceptors (Lipinski definition) is 4.